The first kappa shape index (κ1) is 23.0. The second-order valence-electron chi connectivity index (χ2n) is 6.63. The van der Waals surface area contributed by atoms with E-state index in [1.54, 1.807) is 73.8 Å². The van der Waals surface area contributed by atoms with Crippen LogP contribution in [0.2, 0.25) is 5.02 Å². The summed E-state index contributed by atoms with van der Waals surface area (Å²) in [4.78, 5) is 24.4. The van der Waals surface area contributed by atoms with E-state index in [0.29, 0.717) is 39.1 Å². The van der Waals surface area contributed by atoms with Gasteiger partial charge in [0.05, 0.1) is 19.8 Å². The molecule has 0 aliphatic rings. The first-order valence-corrected chi connectivity index (χ1v) is 10.0. The van der Waals surface area contributed by atoms with E-state index in [2.05, 4.69) is 5.32 Å². The minimum absolute atomic E-state index is 0.0191. The maximum absolute atomic E-state index is 12.3. The minimum Gasteiger partial charge on any atom is -0.497 e. The molecule has 3 rings (SSSR count). The van der Waals surface area contributed by atoms with Gasteiger partial charge in [-0.2, -0.15) is 0 Å². The second kappa shape index (κ2) is 11.1. The molecule has 166 valence electrons. The molecule has 0 unspecified atom stereocenters. The zero-order chi connectivity index (χ0) is 22.9. The van der Waals surface area contributed by atoms with E-state index < -0.39 is 5.97 Å². The van der Waals surface area contributed by atoms with Gasteiger partial charge in [-0.15, -0.1) is 0 Å². The van der Waals surface area contributed by atoms with E-state index in [1.165, 1.54) is 7.11 Å². The van der Waals surface area contributed by atoms with E-state index in [9.17, 15) is 9.59 Å². The van der Waals surface area contributed by atoms with Gasteiger partial charge in [0.15, 0.2) is 6.61 Å². The Kier molecular flexibility index (Phi) is 7.94. The van der Waals surface area contributed by atoms with Crippen molar-refractivity contribution in [1.82, 2.24) is 0 Å². The predicted molar refractivity (Wildman–Crippen MR) is 121 cm³/mol. The fourth-order valence-corrected chi connectivity index (χ4v) is 3.02. The van der Waals surface area contributed by atoms with Crippen molar-refractivity contribution in [3.63, 3.8) is 0 Å². The molecule has 3 aromatic carbocycles. The maximum atomic E-state index is 12.3. The molecule has 32 heavy (non-hydrogen) atoms. The van der Waals surface area contributed by atoms with Gasteiger partial charge in [-0.1, -0.05) is 17.7 Å². The van der Waals surface area contributed by atoms with Gasteiger partial charge < -0.3 is 24.3 Å². The standard InChI is InChI=1S/C24H22ClNO6/c1-29-21-5-3-4-19(13-21)26-23(27)15-31-20-9-6-16(7-10-20)24(28)32-14-17-12-18(25)8-11-22(17)30-2/h3-13H,14-15H2,1-2H3,(H,26,27). The molecule has 3 aromatic rings. The molecule has 0 atom stereocenters. The van der Waals surface area contributed by atoms with Crippen LogP contribution in [-0.2, 0) is 16.1 Å². The lowest BCUT2D eigenvalue weighted by Crippen LogP contribution is -2.20. The molecule has 0 bridgehead atoms. The highest BCUT2D eigenvalue weighted by atomic mass is 35.5. The summed E-state index contributed by atoms with van der Waals surface area (Å²) >= 11 is 5.99. The molecule has 0 aliphatic carbocycles. The van der Waals surface area contributed by atoms with E-state index in [1.807, 2.05) is 0 Å². The van der Waals surface area contributed by atoms with Crippen LogP contribution in [0, 0.1) is 0 Å². The Bertz CT molecular complexity index is 1080. The third-order valence-electron chi connectivity index (χ3n) is 4.41. The van der Waals surface area contributed by atoms with Crippen molar-refractivity contribution in [2.24, 2.45) is 0 Å². The Balaban J connectivity index is 1.50. The average Bonchev–Trinajstić information content (AvgIpc) is 2.81. The van der Waals surface area contributed by atoms with Crippen molar-refractivity contribution in [3.8, 4) is 17.2 Å². The van der Waals surface area contributed by atoms with Crippen LogP contribution in [0.1, 0.15) is 15.9 Å². The number of carbonyl (C=O) groups is 2. The first-order chi connectivity index (χ1) is 15.5. The summed E-state index contributed by atoms with van der Waals surface area (Å²) in [6.07, 6.45) is 0. The van der Waals surface area contributed by atoms with Crippen LogP contribution in [0.3, 0.4) is 0 Å². The molecule has 0 saturated heterocycles. The van der Waals surface area contributed by atoms with Gasteiger partial charge in [-0.25, -0.2) is 4.79 Å². The van der Waals surface area contributed by atoms with Gasteiger partial charge in [0.25, 0.3) is 5.91 Å². The van der Waals surface area contributed by atoms with Crippen LogP contribution in [0.25, 0.3) is 0 Å². The molecule has 0 aromatic heterocycles. The number of hydrogen-bond acceptors (Lipinski definition) is 6. The maximum Gasteiger partial charge on any atom is 0.338 e. The number of anilines is 1. The molecule has 0 aliphatic heterocycles. The van der Waals surface area contributed by atoms with Gasteiger partial charge in [0, 0.05) is 22.3 Å². The van der Waals surface area contributed by atoms with E-state index in [-0.39, 0.29) is 19.1 Å². The zero-order valence-corrected chi connectivity index (χ0v) is 18.3. The number of amides is 1. The minimum atomic E-state index is -0.505. The van der Waals surface area contributed by atoms with Gasteiger partial charge in [-0.05, 0) is 54.6 Å². The van der Waals surface area contributed by atoms with Gasteiger partial charge >= 0.3 is 5.97 Å². The van der Waals surface area contributed by atoms with Crippen molar-refractivity contribution < 1.29 is 28.5 Å². The first-order valence-electron chi connectivity index (χ1n) is 9.65. The Hall–Kier alpha value is -3.71. The van der Waals surface area contributed by atoms with Crippen molar-refractivity contribution in [1.29, 1.82) is 0 Å². The molecule has 0 spiro atoms. The van der Waals surface area contributed by atoms with Gasteiger partial charge in [-0.3, -0.25) is 4.79 Å². The number of nitrogens with one attached hydrogen (secondary N) is 1. The van der Waals surface area contributed by atoms with Crippen LogP contribution in [0.4, 0.5) is 5.69 Å². The molecule has 8 heteroatoms. The number of ether oxygens (including phenoxy) is 4. The van der Waals surface area contributed by atoms with Crippen LogP contribution in [-0.4, -0.2) is 32.7 Å². The van der Waals surface area contributed by atoms with Crippen LogP contribution in [0.5, 0.6) is 17.2 Å². The Morgan fingerprint density at radius 1 is 0.906 bits per heavy atom. The molecular formula is C24H22ClNO6. The SMILES string of the molecule is COc1cccc(NC(=O)COc2ccc(C(=O)OCc3cc(Cl)ccc3OC)cc2)c1. The zero-order valence-electron chi connectivity index (χ0n) is 17.6. The number of rotatable bonds is 9. The number of halogens is 1. The fraction of sp³-hybridized carbons (Fsp3) is 0.167. The van der Waals surface area contributed by atoms with Crippen LogP contribution in [0.15, 0.2) is 66.7 Å². The Morgan fingerprint density at radius 2 is 1.69 bits per heavy atom. The van der Waals surface area contributed by atoms with Gasteiger partial charge in [0.1, 0.15) is 23.9 Å². The average molecular weight is 456 g/mol. The molecule has 0 radical (unpaired) electrons. The number of benzene rings is 3. The fourth-order valence-electron chi connectivity index (χ4n) is 2.82. The number of methoxy groups -OCH3 is 2. The topological polar surface area (TPSA) is 83.1 Å². The smallest absolute Gasteiger partial charge is 0.338 e. The normalized spacial score (nSPS) is 10.2. The summed E-state index contributed by atoms with van der Waals surface area (Å²) < 4.78 is 21.2. The van der Waals surface area contributed by atoms with Crippen molar-refractivity contribution in [3.05, 3.63) is 82.9 Å². The Morgan fingerprint density at radius 3 is 2.41 bits per heavy atom. The van der Waals surface area contributed by atoms with Crippen LogP contribution < -0.4 is 19.5 Å². The lowest BCUT2D eigenvalue weighted by Gasteiger charge is -2.11. The summed E-state index contributed by atoms with van der Waals surface area (Å²) in [6, 6.07) is 18.4. The van der Waals surface area contributed by atoms with E-state index >= 15 is 0 Å². The molecule has 1 amide bonds. The third-order valence-corrected chi connectivity index (χ3v) is 4.65. The lowest BCUT2D eigenvalue weighted by atomic mass is 10.2. The van der Waals surface area contributed by atoms with Crippen LogP contribution >= 0.6 is 11.6 Å². The highest BCUT2D eigenvalue weighted by Gasteiger charge is 2.11. The Labute approximate surface area is 190 Å². The molecule has 0 saturated carbocycles. The quantitative estimate of drug-likeness (QED) is 0.469. The second-order valence-corrected chi connectivity index (χ2v) is 7.06. The largest absolute Gasteiger partial charge is 0.497 e. The van der Waals surface area contributed by atoms with Crippen molar-refractivity contribution in [2.75, 3.05) is 26.1 Å². The van der Waals surface area contributed by atoms with E-state index in [4.69, 9.17) is 30.5 Å². The summed E-state index contributed by atoms with van der Waals surface area (Å²) in [7, 11) is 3.09. The molecule has 0 fully saturated rings. The summed E-state index contributed by atoms with van der Waals surface area (Å²) in [5, 5.41) is 3.25. The summed E-state index contributed by atoms with van der Waals surface area (Å²) in [5.74, 6) is 0.837. The molecule has 1 N–H and O–H groups in total. The third kappa shape index (κ3) is 6.39. The molecular weight excluding hydrogens is 434 g/mol. The number of esters is 1. The van der Waals surface area contributed by atoms with Crippen molar-refractivity contribution >= 4 is 29.2 Å². The summed E-state index contributed by atoms with van der Waals surface area (Å²) in [5.41, 5.74) is 1.61. The van der Waals surface area contributed by atoms with Gasteiger partial charge in [0.2, 0.25) is 0 Å². The van der Waals surface area contributed by atoms with E-state index in [0.717, 1.165) is 0 Å². The number of carbonyl (C=O) groups excluding carboxylic acids is 2. The molecule has 0 heterocycles. The molecule has 7 nitrogen and oxygen atoms in total. The highest BCUT2D eigenvalue weighted by Crippen LogP contribution is 2.24. The lowest BCUT2D eigenvalue weighted by molar-refractivity contribution is -0.118. The number of hydrogen-bond donors (Lipinski definition) is 1. The highest BCUT2D eigenvalue weighted by molar-refractivity contribution is 6.30. The predicted octanol–water partition coefficient (Wildman–Crippen LogP) is 4.73. The monoisotopic (exact) mass is 455 g/mol. The summed E-state index contributed by atoms with van der Waals surface area (Å²) in [6.45, 7) is -0.166. The van der Waals surface area contributed by atoms with Crippen molar-refractivity contribution in [2.45, 2.75) is 6.61 Å².